The molecule has 10 heteroatoms. The Morgan fingerprint density at radius 3 is 2.65 bits per heavy atom. The molecule has 0 spiro atoms. The van der Waals surface area contributed by atoms with Crippen molar-refractivity contribution < 1.29 is 17.7 Å². The van der Waals surface area contributed by atoms with Crippen LogP contribution in [0.3, 0.4) is 0 Å². The third-order valence-electron chi connectivity index (χ3n) is 4.48. The summed E-state index contributed by atoms with van der Waals surface area (Å²) in [4.78, 5) is 4.84. The van der Waals surface area contributed by atoms with Crippen molar-refractivity contribution in [2.45, 2.75) is 11.8 Å². The minimum Gasteiger partial charge on any atom is -0.494 e. The van der Waals surface area contributed by atoms with E-state index in [0.717, 1.165) is 0 Å². The first kappa shape index (κ1) is 21.4. The largest absolute Gasteiger partial charge is 0.494 e. The van der Waals surface area contributed by atoms with E-state index in [0.29, 0.717) is 39.3 Å². The molecule has 2 heterocycles. The van der Waals surface area contributed by atoms with Gasteiger partial charge in [-0.05, 0) is 54.8 Å². The van der Waals surface area contributed by atoms with E-state index in [-0.39, 0.29) is 10.8 Å². The van der Waals surface area contributed by atoms with Crippen molar-refractivity contribution in [3.05, 3.63) is 65.0 Å². The van der Waals surface area contributed by atoms with Gasteiger partial charge in [0.2, 0.25) is 5.82 Å². The molecular formula is C21H18ClN3O4S2. The Kier molecular flexibility index (Phi) is 5.99. The van der Waals surface area contributed by atoms with Gasteiger partial charge in [-0.25, -0.2) is 8.42 Å². The van der Waals surface area contributed by atoms with Gasteiger partial charge in [0.25, 0.3) is 15.9 Å². The second-order valence-corrected chi connectivity index (χ2v) is 9.74. The van der Waals surface area contributed by atoms with Crippen LogP contribution in [0.2, 0.25) is 5.02 Å². The van der Waals surface area contributed by atoms with Crippen LogP contribution in [-0.2, 0) is 10.0 Å². The van der Waals surface area contributed by atoms with Gasteiger partial charge in [0, 0.05) is 17.6 Å². The normalized spacial score (nSPS) is 11.5. The summed E-state index contributed by atoms with van der Waals surface area (Å²) >= 11 is 7.24. The van der Waals surface area contributed by atoms with Crippen molar-refractivity contribution in [2.24, 2.45) is 0 Å². The molecule has 0 amide bonds. The lowest BCUT2D eigenvalue weighted by Crippen LogP contribution is -2.26. The minimum atomic E-state index is -3.86. The van der Waals surface area contributed by atoms with Crippen molar-refractivity contribution in [1.82, 2.24) is 10.1 Å². The first-order chi connectivity index (χ1) is 14.9. The fourth-order valence-electron chi connectivity index (χ4n) is 2.92. The molecule has 160 valence electrons. The van der Waals surface area contributed by atoms with Crippen molar-refractivity contribution in [1.29, 1.82) is 0 Å². The first-order valence-corrected chi connectivity index (χ1v) is 12.0. The maximum atomic E-state index is 13.3. The van der Waals surface area contributed by atoms with E-state index in [4.69, 9.17) is 20.9 Å². The summed E-state index contributed by atoms with van der Waals surface area (Å²) in [5, 5.41) is 6.20. The highest BCUT2D eigenvalue weighted by Crippen LogP contribution is 2.36. The standard InChI is InChI=1S/C21H18ClN3O4S2/c1-3-28-17-9-7-16(8-10-17)25(2)31(26,27)18-11-12-30-19(18)21-23-20(24-29-21)14-5-4-6-15(22)13-14/h4-13H,3H2,1-2H3. The molecule has 2 aromatic heterocycles. The second-order valence-electron chi connectivity index (χ2n) is 6.45. The third kappa shape index (κ3) is 4.30. The Morgan fingerprint density at radius 2 is 1.94 bits per heavy atom. The lowest BCUT2D eigenvalue weighted by molar-refractivity contribution is 0.340. The number of aromatic nitrogens is 2. The zero-order chi connectivity index (χ0) is 22.0. The average Bonchev–Trinajstić information content (AvgIpc) is 3.44. The monoisotopic (exact) mass is 475 g/mol. The molecule has 0 saturated heterocycles. The highest BCUT2D eigenvalue weighted by atomic mass is 35.5. The van der Waals surface area contributed by atoms with Crippen LogP contribution in [-0.4, -0.2) is 32.2 Å². The highest BCUT2D eigenvalue weighted by Gasteiger charge is 2.28. The molecule has 0 N–H and O–H groups in total. The Balaban J connectivity index is 1.66. The number of rotatable bonds is 7. The SMILES string of the molecule is CCOc1ccc(N(C)S(=O)(=O)c2ccsc2-c2nc(-c3cccc(Cl)c3)no2)cc1. The van der Waals surface area contributed by atoms with Crippen LogP contribution in [0, 0.1) is 0 Å². The van der Waals surface area contributed by atoms with E-state index >= 15 is 0 Å². The van der Waals surface area contributed by atoms with Crippen molar-refractivity contribution in [2.75, 3.05) is 18.0 Å². The first-order valence-electron chi connectivity index (χ1n) is 9.29. The molecule has 7 nitrogen and oxygen atoms in total. The number of ether oxygens (including phenoxy) is 1. The maximum absolute atomic E-state index is 13.3. The molecule has 0 aliphatic rings. The molecule has 31 heavy (non-hydrogen) atoms. The number of thiophene rings is 1. The van der Waals surface area contributed by atoms with Crippen LogP contribution in [0.4, 0.5) is 5.69 Å². The van der Waals surface area contributed by atoms with Crippen LogP contribution in [0.15, 0.2) is 69.4 Å². The number of halogens is 1. The number of hydrogen-bond acceptors (Lipinski definition) is 7. The molecule has 0 bridgehead atoms. The molecule has 4 aromatic rings. The molecule has 0 unspecified atom stereocenters. The summed E-state index contributed by atoms with van der Waals surface area (Å²) < 4.78 is 38.6. The zero-order valence-corrected chi connectivity index (χ0v) is 19.0. The fraction of sp³-hybridized carbons (Fsp3) is 0.143. The molecule has 0 aliphatic heterocycles. The summed E-state index contributed by atoms with van der Waals surface area (Å²) in [6.45, 7) is 2.42. The van der Waals surface area contributed by atoms with Crippen LogP contribution in [0.5, 0.6) is 5.75 Å². The lowest BCUT2D eigenvalue weighted by atomic mass is 10.2. The summed E-state index contributed by atoms with van der Waals surface area (Å²) in [6, 6.07) is 15.4. The van der Waals surface area contributed by atoms with Crippen LogP contribution < -0.4 is 9.04 Å². The zero-order valence-electron chi connectivity index (χ0n) is 16.6. The highest BCUT2D eigenvalue weighted by molar-refractivity contribution is 7.93. The van der Waals surface area contributed by atoms with Gasteiger partial charge in [-0.15, -0.1) is 11.3 Å². The van der Waals surface area contributed by atoms with Gasteiger partial charge in [0.15, 0.2) is 0 Å². The van der Waals surface area contributed by atoms with E-state index in [2.05, 4.69) is 10.1 Å². The number of benzene rings is 2. The van der Waals surface area contributed by atoms with E-state index in [1.54, 1.807) is 53.9 Å². The Morgan fingerprint density at radius 1 is 1.16 bits per heavy atom. The number of nitrogens with zero attached hydrogens (tertiary/aromatic N) is 3. The van der Waals surface area contributed by atoms with E-state index in [1.807, 2.05) is 6.92 Å². The molecule has 2 aromatic carbocycles. The Hall–Kier alpha value is -2.88. The second kappa shape index (κ2) is 8.70. The number of anilines is 1. The van der Waals surface area contributed by atoms with Crippen molar-refractivity contribution in [3.8, 4) is 27.9 Å². The summed E-state index contributed by atoms with van der Waals surface area (Å²) in [7, 11) is -2.36. The molecule has 0 atom stereocenters. The predicted octanol–water partition coefficient (Wildman–Crippen LogP) is 5.34. The molecule has 0 radical (unpaired) electrons. The summed E-state index contributed by atoms with van der Waals surface area (Å²) in [5.74, 6) is 1.13. The molecule has 0 aliphatic carbocycles. The summed E-state index contributed by atoms with van der Waals surface area (Å²) in [6.07, 6.45) is 0. The number of hydrogen-bond donors (Lipinski definition) is 0. The molecule has 4 rings (SSSR count). The smallest absolute Gasteiger partial charge is 0.269 e. The Bertz CT molecular complexity index is 1300. The van der Waals surface area contributed by atoms with Crippen molar-refractivity contribution in [3.63, 3.8) is 0 Å². The Labute approximate surface area is 188 Å². The molecular weight excluding hydrogens is 458 g/mol. The number of sulfonamides is 1. The van der Waals surface area contributed by atoms with Crippen LogP contribution in [0.1, 0.15) is 6.92 Å². The van der Waals surface area contributed by atoms with Crippen molar-refractivity contribution >= 4 is 38.6 Å². The van der Waals surface area contributed by atoms with Gasteiger partial charge in [0.1, 0.15) is 15.5 Å². The van der Waals surface area contributed by atoms with E-state index < -0.39 is 10.0 Å². The maximum Gasteiger partial charge on any atom is 0.269 e. The van der Waals surface area contributed by atoms with Gasteiger partial charge >= 0.3 is 0 Å². The van der Waals surface area contributed by atoms with Gasteiger partial charge < -0.3 is 9.26 Å². The predicted molar refractivity (Wildman–Crippen MR) is 121 cm³/mol. The van der Waals surface area contributed by atoms with E-state index in [1.165, 1.54) is 28.8 Å². The fourth-order valence-corrected chi connectivity index (χ4v) is 5.62. The van der Waals surface area contributed by atoms with Crippen LogP contribution >= 0.6 is 22.9 Å². The van der Waals surface area contributed by atoms with Gasteiger partial charge in [-0.1, -0.05) is 28.9 Å². The lowest BCUT2D eigenvalue weighted by Gasteiger charge is -2.19. The summed E-state index contributed by atoms with van der Waals surface area (Å²) in [5.41, 5.74) is 1.18. The topological polar surface area (TPSA) is 85.5 Å². The van der Waals surface area contributed by atoms with Gasteiger partial charge in [-0.3, -0.25) is 4.31 Å². The third-order valence-corrected chi connectivity index (χ3v) is 7.58. The van der Waals surface area contributed by atoms with Crippen LogP contribution in [0.25, 0.3) is 22.2 Å². The molecule has 0 fully saturated rings. The van der Waals surface area contributed by atoms with Gasteiger partial charge in [-0.2, -0.15) is 4.98 Å². The van der Waals surface area contributed by atoms with Gasteiger partial charge in [0.05, 0.1) is 12.3 Å². The quantitative estimate of drug-likeness (QED) is 0.358. The molecule has 0 saturated carbocycles. The average molecular weight is 476 g/mol. The van der Waals surface area contributed by atoms with E-state index in [9.17, 15) is 8.42 Å². The minimum absolute atomic E-state index is 0.0928.